The van der Waals surface area contributed by atoms with Gasteiger partial charge in [-0.1, -0.05) is 63.9 Å². The molecule has 2 aromatic carbocycles. The lowest BCUT2D eigenvalue weighted by molar-refractivity contribution is -0.122. The van der Waals surface area contributed by atoms with Gasteiger partial charge in [0.15, 0.2) is 0 Å². The fourth-order valence-electron chi connectivity index (χ4n) is 4.70. The Morgan fingerprint density at radius 1 is 0.906 bits per heavy atom. The first-order chi connectivity index (χ1) is 15.3. The summed E-state index contributed by atoms with van der Waals surface area (Å²) in [6.07, 6.45) is 2.93. The number of anilines is 2. The Bertz CT molecular complexity index is 1000. The molecule has 0 unspecified atom stereocenters. The van der Waals surface area contributed by atoms with Crippen LogP contribution < -0.4 is 10.2 Å². The number of fused-ring (bicyclic) bond motifs is 1. The summed E-state index contributed by atoms with van der Waals surface area (Å²) in [6, 6.07) is 12.8. The second-order valence-electron chi connectivity index (χ2n) is 8.39. The minimum absolute atomic E-state index is 0.148. The van der Waals surface area contributed by atoms with Gasteiger partial charge in [-0.15, -0.1) is 0 Å². The average molecular weight is 562 g/mol. The van der Waals surface area contributed by atoms with Gasteiger partial charge < -0.3 is 5.32 Å². The van der Waals surface area contributed by atoms with Crippen LogP contribution in [0.15, 0.2) is 42.5 Å². The maximum Gasteiger partial charge on any atom is 0.255 e. The molecule has 5 nitrogen and oxygen atoms in total. The smallest absolute Gasteiger partial charge is 0.255 e. The molecule has 0 spiro atoms. The second kappa shape index (κ2) is 9.48. The number of nitrogens with one attached hydrogen (secondary N) is 1. The van der Waals surface area contributed by atoms with Crippen molar-refractivity contribution in [2.24, 2.45) is 11.8 Å². The van der Waals surface area contributed by atoms with Crippen LogP contribution in [-0.4, -0.2) is 27.4 Å². The second-order valence-corrected chi connectivity index (χ2v) is 10.7. The van der Waals surface area contributed by atoms with Crippen LogP contribution >= 0.6 is 31.9 Å². The Balaban J connectivity index is 1.53. The number of halogens is 2. The summed E-state index contributed by atoms with van der Waals surface area (Å²) in [4.78, 5) is 40.5. The zero-order valence-corrected chi connectivity index (χ0v) is 21.3. The monoisotopic (exact) mass is 560 g/mol. The van der Waals surface area contributed by atoms with Gasteiger partial charge in [0.05, 0.1) is 17.5 Å². The molecule has 1 aliphatic carbocycles. The largest absolute Gasteiger partial charge is 0.321 e. The maximum absolute atomic E-state index is 13.0. The van der Waals surface area contributed by atoms with Gasteiger partial charge >= 0.3 is 0 Å². The van der Waals surface area contributed by atoms with Crippen LogP contribution in [0.2, 0.25) is 0 Å². The number of nitrogens with zero attached hydrogens (tertiary/aromatic N) is 1. The van der Waals surface area contributed by atoms with Gasteiger partial charge in [-0.2, -0.15) is 0 Å². The molecule has 168 valence electrons. The third kappa shape index (κ3) is 4.17. The van der Waals surface area contributed by atoms with E-state index in [-0.39, 0.29) is 39.2 Å². The number of hydrogen-bond donors (Lipinski definition) is 1. The Labute approximate surface area is 205 Å². The Kier molecular flexibility index (Phi) is 6.86. The maximum atomic E-state index is 13.0. The lowest BCUT2D eigenvalue weighted by Gasteiger charge is -2.29. The van der Waals surface area contributed by atoms with Gasteiger partial charge in [0.1, 0.15) is 0 Å². The van der Waals surface area contributed by atoms with Crippen LogP contribution in [-0.2, 0) is 22.4 Å². The van der Waals surface area contributed by atoms with E-state index in [1.165, 1.54) is 4.90 Å². The molecule has 1 saturated carbocycles. The summed E-state index contributed by atoms with van der Waals surface area (Å²) in [7, 11) is 0. The molecular formula is C25H26Br2N2O3. The first kappa shape index (κ1) is 23.2. The average Bonchev–Trinajstić information content (AvgIpc) is 3.03. The number of alkyl halides is 2. The Morgan fingerprint density at radius 3 is 1.88 bits per heavy atom. The quantitative estimate of drug-likeness (QED) is 0.388. The number of carbonyl (C=O) groups excluding carboxylic acids is 3. The molecule has 0 aromatic heterocycles. The van der Waals surface area contributed by atoms with Crippen molar-refractivity contribution in [3.8, 4) is 0 Å². The van der Waals surface area contributed by atoms with E-state index in [0.29, 0.717) is 24.1 Å². The van der Waals surface area contributed by atoms with E-state index < -0.39 is 0 Å². The number of amides is 3. The van der Waals surface area contributed by atoms with Crippen molar-refractivity contribution < 1.29 is 14.4 Å². The molecule has 1 saturated heterocycles. The highest BCUT2D eigenvalue weighted by Crippen LogP contribution is 2.44. The van der Waals surface area contributed by atoms with E-state index in [0.717, 1.165) is 29.7 Å². The zero-order chi connectivity index (χ0) is 23.0. The fraction of sp³-hybridized carbons (Fsp3) is 0.400. The molecule has 1 aliphatic heterocycles. The number of hydrogen-bond acceptors (Lipinski definition) is 3. The molecule has 2 aliphatic rings. The molecule has 3 amide bonds. The number of aryl methyl sites for hydroxylation is 2. The molecule has 1 N–H and O–H groups in total. The minimum Gasteiger partial charge on any atom is -0.321 e. The molecule has 4 atom stereocenters. The first-order valence-electron chi connectivity index (χ1n) is 11.0. The van der Waals surface area contributed by atoms with Crippen molar-refractivity contribution in [2.75, 3.05) is 10.2 Å². The standard InChI is InChI=1S/C25H26Br2N2O3/c1-3-14-6-5-7-15(4-2)22(14)28-23(30)16-8-10-17(11-9-16)29-24(31)18-12-20(26)21(27)13-19(18)25(29)32/h5-11,18-21H,3-4,12-13H2,1-2H3,(H,28,30)/t18-,19-,20-,21+/m1/s1. The van der Waals surface area contributed by atoms with E-state index >= 15 is 0 Å². The predicted octanol–water partition coefficient (Wildman–Crippen LogP) is 5.49. The van der Waals surface area contributed by atoms with E-state index in [1.807, 2.05) is 18.2 Å². The first-order valence-corrected chi connectivity index (χ1v) is 12.9. The predicted molar refractivity (Wildman–Crippen MR) is 134 cm³/mol. The summed E-state index contributed by atoms with van der Waals surface area (Å²) < 4.78 is 0. The molecular weight excluding hydrogens is 536 g/mol. The van der Waals surface area contributed by atoms with Crippen molar-refractivity contribution in [3.05, 3.63) is 59.2 Å². The zero-order valence-electron chi connectivity index (χ0n) is 18.1. The van der Waals surface area contributed by atoms with Gasteiger partial charge in [-0.05, 0) is 61.1 Å². The van der Waals surface area contributed by atoms with Crippen LogP contribution in [0.4, 0.5) is 11.4 Å². The van der Waals surface area contributed by atoms with Gasteiger partial charge in [0.25, 0.3) is 5.91 Å². The number of para-hydroxylation sites is 1. The molecule has 2 fully saturated rings. The van der Waals surface area contributed by atoms with Crippen molar-refractivity contribution >= 4 is 61.0 Å². The Hall–Kier alpha value is -1.99. The summed E-state index contributed by atoms with van der Waals surface area (Å²) in [5, 5.41) is 3.06. The number of carbonyl (C=O) groups is 3. The number of benzene rings is 2. The highest BCUT2D eigenvalue weighted by Gasteiger charge is 2.52. The topological polar surface area (TPSA) is 66.5 Å². The lowest BCUT2D eigenvalue weighted by Crippen LogP contribution is -2.34. The normalized spacial score (nSPS) is 25.1. The molecule has 1 heterocycles. The van der Waals surface area contributed by atoms with Gasteiger partial charge in [-0.3, -0.25) is 19.3 Å². The van der Waals surface area contributed by atoms with Crippen LogP contribution in [0.3, 0.4) is 0 Å². The SMILES string of the molecule is CCc1cccc(CC)c1NC(=O)c1ccc(N2C(=O)[C@@H]3C[C@@H](Br)[C@@H](Br)C[C@H]3C2=O)cc1. The third-order valence-electron chi connectivity index (χ3n) is 6.54. The van der Waals surface area contributed by atoms with Crippen LogP contribution in [0, 0.1) is 11.8 Å². The number of imide groups is 1. The molecule has 4 rings (SSSR count). The highest BCUT2D eigenvalue weighted by atomic mass is 79.9. The molecule has 2 aromatic rings. The van der Waals surface area contributed by atoms with Crippen molar-refractivity contribution in [1.82, 2.24) is 0 Å². The minimum atomic E-state index is -0.290. The van der Waals surface area contributed by atoms with Crippen LogP contribution in [0.25, 0.3) is 0 Å². The van der Waals surface area contributed by atoms with Gasteiger partial charge in [-0.25, -0.2) is 0 Å². The molecule has 7 heteroatoms. The van der Waals surface area contributed by atoms with E-state index in [9.17, 15) is 14.4 Å². The van der Waals surface area contributed by atoms with E-state index in [1.54, 1.807) is 24.3 Å². The number of rotatable bonds is 5. The lowest BCUT2D eigenvalue weighted by atomic mass is 9.81. The fourth-order valence-corrected chi connectivity index (χ4v) is 5.94. The van der Waals surface area contributed by atoms with E-state index in [2.05, 4.69) is 51.0 Å². The van der Waals surface area contributed by atoms with Crippen LogP contribution in [0.1, 0.15) is 48.2 Å². The molecule has 0 radical (unpaired) electrons. The summed E-state index contributed by atoms with van der Waals surface area (Å²) >= 11 is 7.23. The summed E-state index contributed by atoms with van der Waals surface area (Å²) in [5.74, 6) is -1.08. The highest BCUT2D eigenvalue weighted by molar-refractivity contribution is 9.12. The van der Waals surface area contributed by atoms with Crippen molar-refractivity contribution in [2.45, 2.75) is 49.2 Å². The van der Waals surface area contributed by atoms with Crippen LogP contribution in [0.5, 0.6) is 0 Å². The van der Waals surface area contributed by atoms with Crippen molar-refractivity contribution in [3.63, 3.8) is 0 Å². The van der Waals surface area contributed by atoms with E-state index in [4.69, 9.17) is 0 Å². The summed E-state index contributed by atoms with van der Waals surface area (Å²) in [6.45, 7) is 4.13. The Morgan fingerprint density at radius 2 is 1.41 bits per heavy atom. The van der Waals surface area contributed by atoms with Gasteiger partial charge in [0.2, 0.25) is 11.8 Å². The van der Waals surface area contributed by atoms with Crippen molar-refractivity contribution in [1.29, 1.82) is 0 Å². The van der Waals surface area contributed by atoms with Gasteiger partial charge in [0, 0.05) is 20.9 Å². The summed E-state index contributed by atoms with van der Waals surface area (Å²) in [5.41, 5.74) is 4.07. The third-order valence-corrected chi connectivity index (χ3v) is 9.27. The molecule has 0 bridgehead atoms. The molecule has 32 heavy (non-hydrogen) atoms.